The van der Waals surface area contributed by atoms with Crippen molar-refractivity contribution in [3.8, 4) is 11.5 Å². The highest BCUT2D eigenvalue weighted by Gasteiger charge is 2.45. The quantitative estimate of drug-likeness (QED) is 0.873. The Bertz CT molecular complexity index is 560. The van der Waals surface area contributed by atoms with Crippen LogP contribution in [0.3, 0.4) is 0 Å². The maximum absolute atomic E-state index is 12.0. The largest absolute Gasteiger partial charge is 0.493 e. The molecule has 1 saturated carbocycles. The molecule has 126 valence electrons. The topological polar surface area (TPSA) is 67.8 Å². The van der Waals surface area contributed by atoms with E-state index in [1.807, 2.05) is 18.2 Å². The third-order valence-corrected chi connectivity index (χ3v) is 5.11. The fraction of sp³-hybridized carbons (Fsp3) is 0.611. The van der Waals surface area contributed by atoms with Gasteiger partial charge in [0.2, 0.25) is 0 Å². The lowest BCUT2D eigenvalue weighted by Crippen LogP contribution is -2.37. The van der Waals surface area contributed by atoms with Crippen LogP contribution in [-0.4, -0.2) is 37.4 Å². The summed E-state index contributed by atoms with van der Waals surface area (Å²) in [5, 5.41) is 13.2. The summed E-state index contributed by atoms with van der Waals surface area (Å²) < 4.78 is 11.7. The predicted octanol–water partition coefficient (Wildman–Crippen LogP) is 2.72. The Morgan fingerprint density at radius 1 is 1.30 bits per heavy atom. The number of carboxylic acids is 1. The van der Waals surface area contributed by atoms with Crippen LogP contribution < -0.4 is 14.8 Å². The summed E-state index contributed by atoms with van der Waals surface area (Å²) in [7, 11) is 1.59. The highest BCUT2D eigenvalue weighted by molar-refractivity contribution is 5.83. The van der Waals surface area contributed by atoms with Crippen LogP contribution in [0.25, 0.3) is 0 Å². The second-order valence-electron chi connectivity index (χ2n) is 6.52. The number of nitrogens with one attached hydrogen (secondary N) is 1. The molecule has 23 heavy (non-hydrogen) atoms. The first-order valence-corrected chi connectivity index (χ1v) is 8.45. The molecule has 2 aliphatic rings. The van der Waals surface area contributed by atoms with Crippen molar-refractivity contribution in [3.05, 3.63) is 23.8 Å². The maximum atomic E-state index is 12.0. The average Bonchev–Trinajstić information content (AvgIpc) is 3.06. The molecule has 0 bridgehead atoms. The number of para-hydroxylation sites is 1. The number of carbonyl (C=O) groups is 1. The van der Waals surface area contributed by atoms with Gasteiger partial charge in [0.15, 0.2) is 11.5 Å². The van der Waals surface area contributed by atoms with E-state index in [4.69, 9.17) is 9.47 Å². The van der Waals surface area contributed by atoms with E-state index in [9.17, 15) is 9.90 Å². The maximum Gasteiger partial charge on any atom is 0.314 e. The van der Waals surface area contributed by atoms with E-state index in [2.05, 4.69) is 5.32 Å². The number of benzene rings is 1. The zero-order chi connectivity index (χ0) is 16.3. The van der Waals surface area contributed by atoms with Gasteiger partial charge in [0.1, 0.15) is 6.10 Å². The third-order valence-electron chi connectivity index (χ3n) is 5.11. The second-order valence-corrected chi connectivity index (χ2v) is 6.52. The van der Waals surface area contributed by atoms with Gasteiger partial charge in [0, 0.05) is 12.1 Å². The molecule has 5 nitrogen and oxygen atoms in total. The fourth-order valence-electron chi connectivity index (χ4n) is 3.87. The molecule has 0 radical (unpaired) electrons. The Hall–Kier alpha value is -1.75. The molecule has 0 aromatic heterocycles. The summed E-state index contributed by atoms with van der Waals surface area (Å²) in [6, 6.07) is 5.64. The van der Waals surface area contributed by atoms with E-state index in [-0.39, 0.29) is 6.10 Å². The number of piperidine rings is 1. The second kappa shape index (κ2) is 6.79. The SMILES string of the molecule is COc1c(OC2CCCNC2)cccc1C1(C(=O)O)CCCC1. The zero-order valence-corrected chi connectivity index (χ0v) is 13.6. The smallest absolute Gasteiger partial charge is 0.314 e. The summed E-state index contributed by atoms with van der Waals surface area (Å²) in [4.78, 5) is 12.0. The minimum atomic E-state index is -0.838. The van der Waals surface area contributed by atoms with Gasteiger partial charge in [0.05, 0.1) is 12.5 Å². The number of hydrogen-bond donors (Lipinski definition) is 2. The zero-order valence-electron chi connectivity index (χ0n) is 13.6. The van der Waals surface area contributed by atoms with E-state index in [0.717, 1.165) is 44.3 Å². The lowest BCUT2D eigenvalue weighted by atomic mass is 9.78. The molecule has 1 unspecified atom stereocenters. The number of ether oxygens (including phenoxy) is 2. The van der Waals surface area contributed by atoms with E-state index < -0.39 is 11.4 Å². The minimum absolute atomic E-state index is 0.109. The third kappa shape index (κ3) is 3.02. The lowest BCUT2D eigenvalue weighted by molar-refractivity contribution is -0.143. The molecular weight excluding hydrogens is 294 g/mol. The van der Waals surface area contributed by atoms with Gasteiger partial charge in [-0.2, -0.15) is 0 Å². The van der Waals surface area contributed by atoms with Crippen LogP contribution in [-0.2, 0) is 10.2 Å². The minimum Gasteiger partial charge on any atom is -0.493 e. The van der Waals surface area contributed by atoms with Crippen LogP contribution in [0.5, 0.6) is 11.5 Å². The van der Waals surface area contributed by atoms with Gasteiger partial charge in [-0.25, -0.2) is 0 Å². The van der Waals surface area contributed by atoms with Crippen molar-refractivity contribution in [2.45, 2.75) is 50.0 Å². The first-order chi connectivity index (χ1) is 11.2. The Kier molecular flexibility index (Phi) is 4.76. The van der Waals surface area contributed by atoms with Crippen LogP contribution in [0, 0.1) is 0 Å². The summed E-state index contributed by atoms with van der Waals surface area (Å²) in [5.74, 6) is 0.485. The van der Waals surface area contributed by atoms with E-state index >= 15 is 0 Å². The van der Waals surface area contributed by atoms with E-state index in [1.54, 1.807) is 7.11 Å². The first kappa shape index (κ1) is 16.1. The van der Waals surface area contributed by atoms with Crippen LogP contribution in [0.15, 0.2) is 18.2 Å². The van der Waals surface area contributed by atoms with Gasteiger partial charge in [-0.1, -0.05) is 25.0 Å². The molecule has 3 rings (SSSR count). The van der Waals surface area contributed by atoms with Crippen molar-refractivity contribution in [1.82, 2.24) is 5.32 Å². The van der Waals surface area contributed by atoms with Crippen LogP contribution in [0.4, 0.5) is 0 Å². The summed E-state index contributed by atoms with van der Waals surface area (Å²) in [5.41, 5.74) is -0.0820. The molecule has 0 amide bonds. The molecule has 2 fully saturated rings. The Labute approximate surface area is 137 Å². The van der Waals surface area contributed by atoms with Gasteiger partial charge in [0.25, 0.3) is 0 Å². The van der Waals surface area contributed by atoms with Crippen molar-refractivity contribution in [1.29, 1.82) is 0 Å². The average molecular weight is 319 g/mol. The van der Waals surface area contributed by atoms with Crippen LogP contribution >= 0.6 is 0 Å². The molecule has 1 heterocycles. The summed E-state index contributed by atoms with van der Waals surface area (Å²) >= 11 is 0. The summed E-state index contributed by atoms with van der Waals surface area (Å²) in [6.07, 6.45) is 5.40. The highest BCUT2D eigenvalue weighted by atomic mass is 16.5. The number of rotatable bonds is 5. The molecule has 1 aromatic carbocycles. The standard InChI is InChI=1S/C18H25NO4/c1-22-16-14(18(17(20)21)9-2-3-10-18)7-4-8-15(16)23-13-6-5-11-19-12-13/h4,7-8,13,19H,2-3,5-6,9-12H2,1H3,(H,20,21). The number of carboxylic acid groups (broad SMARTS) is 1. The Morgan fingerprint density at radius 3 is 2.70 bits per heavy atom. The van der Waals surface area contributed by atoms with Gasteiger partial charge in [-0.05, 0) is 38.3 Å². The van der Waals surface area contributed by atoms with E-state index in [1.165, 1.54) is 0 Å². The first-order valence-electron chi connectivity index (χ1n) is 8.45. The number of aliphatic carboxylic acids is 1. The van der Waals surface area contributed by atoms with Crippen LogP contribution in [0.1, 0.15) is 44.1 Å². The molecular formula is C18H25NO4. The van der Waals surface area contributed by atoms with Gasteiger partial charge >= 0.3 is 5.97 Å². The molecule has 1 saturated heterocycles. The molecule has 0 spiro atoms. The number of hydrogen-bond acceptors (Lipinski definition) is 4. The summed E-state index contributed by atoms with van der Waals surface area (Å²) in [6.45, 7) is 1.84. The van der Waals surface area contributed by atoms with Gasteiger partial charge < -0.3 is 19.9 Å². The molecule has 1 atom stereocenters. The van der Waals surface area contributed by atoms with Crippen molar-refractivity contribution in [2.75, 3.05) is 20.2 Å². The monoisotopic (exact) mass is 319 g/mol. The molecule has 1 aliphatic heterocycles. The molecule has 5 heteroatoms. The highest BCUT2D eigenvalue weighted by Crippen LogP contribution is 2.47. The van der Waals surface area contributed by atoms with Gasteiger partial charge in [-0.15, -0.1) is 0 Å². The lowest BCUT2D eigenvalue weighted by Gasteiger charge is -2.29. The normalized spacial score (nSPS) is 23.4. The molecule has 1 aromatic rings. The Morgan fingerprint density at radius 2 is 2.09 bits per heavy atom. The van der Waals surface area contributed by atoms with Crippen molar-refractivity contribution < 1.29 is 19.4 Å². The number of methoxy groups -OCH3 is 1. The van der Waals surface area contributed by atoms with Crippen molar-refractivity contribution >= 4 is 5.97 Å². The van der Waals surface area contributed by atoms with Crippen molar-refractivity contribution in [3.63, 3.8) is 0 Å². The Balaban J connectivity index is 1.94. The van der Waals surface area contributed by atoms with Gasteiger partial charge in [-0.3, -0.25) is 4.79 Å². The van der Waals surface area contributed by atoms with E-state index in [0.29, 0.717) is 24.3 Å². The fourth-order valence-corrected chi connectivity index (χ4v) is 3.87. The van der Waals surface area contributed by atoms with Crippen molar-refractivity contribution in [2.24, 2.45) is 0 Å². The predicted molar refractivity (Wildman–Crippen MR) is 87.3 cm³/mol. The van der Waals surface area contributed by atoms with Crippen LogP contribution in [0.2, 0.25) is 0 Å². The molecule has 2 N–H and O–H groups in total. The molecule has 1 aliphatic carbocycles.